The number of rotatable bonds is 2. The van der Waals surface area contributed by atoms with Gasteiger partial charge in [0.25, 0.3) is 0 Å². The van der Waals surface area contributed by atoms with Crippen LogP contribution in [-0.4, -0.2) is 12.7 Å². The summed E-state index contributed by atoms with van der Waals surface area (Å²) in [6, 6.07) is 0. The molecule has 9 heavy (non-hydrogen) atoms. The van der Waals surface area contributed by atoms with Gasteiger partial charge in [0, 0.05) is 6.61 Å². The van der Waals surface area contributed by atoms with E-state index in [9.17, 15) is 0 Å². The van der Waals surface area contributed by atoms with Crippen molar-refractivity contribution in [1.82, 2.24) is 0 Å². The van der Waals surface area contributed by atoms with Gasteiger partial charge in [-0.3, -0.25) is 0 Å². The molecule has 0 amide bonds. The summed E-state index contributed by atoms with van der Waals surface area (Å²) < 4.78 is 5.43. The summed E-state index contributed by atoms with van der Waals surface area (Å²) >= 11 is 0. The van der Waals surface area contributed by atoms with E-state index in [0.717, 1.165) is 18.9 Å². The van der Waals surface area contributed by atoms with Crippen LogP contribution < -0.4 is 0 Å². The van der Waals surface area contributed by atoms with Crippen molar-refractivity contribution in [2.24, 2.45) is 5.92 Å². The van der Waals surface area contributed by atoms with E-state index in [2.05, 4.69) is 13.5 Å². The lowest BCUT2D eigenvalue weighted by Gasteiger charge is -2.10. The van der Waals surface area contributed by atoms with Crippen molar-refractivity contribution in [2.75, 3.05) is 6.61 Å². The maximum Gasteiger partial charge on any atom is 0.0635 e. The highest BCUT2D eigenvalue weighted by Crippen LogP contribution is 2.22. The van der Waals surface area contributed by atoms with Gasteiger partial charge in [0.05, 0.1) is 6.10 Å². The van der Waals surface area contributed by atoms with Gasteiger partial charge in [-0.2, -0.15) is 0 Å². The van der Waals surface area contributed by atoms with Crippen LogP contribution in [0.1, 0.15) is 19.8 Å². The Hall–Kier alpha value is -0.300. The molecule has 0 aliphatic carbocycles. The van der Waals surface area contributed by atoms with Crippen molar-refractivity contribution >= 4 is 0 Å². The van der Waals surface area contributed by atoms with Crippen LogP contribution in [0.15, 0.2) is 12.7 Å². The monoisotopic (exact) mass is 126 g/mol. The van der Waals surface area contributed by atoms with Crippen LogP contribution >= 0.6 is 0 Å². The molecular weight excluding hydrogens is 112 g/mol. The third-order valence-electron chi connectivity index (χ3n) is 1.94. The van der Waals surface area contributed by atoms with Crippen molar-refractivity contribution in [2.45, 2.75) is 25.9 Å². The summed E-state index contributed by atoms with van der Waals surface area (Å²) in [6.07, 6.45) is 4.63. The van der Waals surface area contributed by atoms with Gasteiger partial charge in [-0.15, -0.1) is 6.58 Å². The Morgan fingerprint density at radius 1 is 1.78 bits per heavy atom. The molecule has 1 rings (SSSR count). The predicted octanol–water partition coefficient (Wildman–Crippen LogP) is 1.99. The molecule has 1 saturated heterocycles. The maximum absolute atomic E-state index is 5.43. The second kappa shape index (κ2) is 3.02. The van der Waals surface area contributed by atoms with Crippen LogP contribution in [-0.2, 0) is 4.74 Å². The molecule has 1 heterocycles. The molecule has 0 saturated carbocycles. The summed E-state index contributed by atoms with van der Waals surface area (Å²) in [7, 11) is 0. The lowest BCUT2D eigenvalue weighted by molar-refractivity contribution is 0.0966. The Labute approximate surface area is 56.7 Å². The fourth-order valence-electron chi connectivity index (χ4n) is 1.22. The highest BCUT2D eigenvalue weighted by molar-refractivity contribution is 4.80. The molecule has 52 valence electrons. The van der Waals surface area contributed by atoms with Crippen LogP contribution in [0.4, 0.5) is 0 Å². The Kier molecular flexibility index (Phi) is 2.29. The molecule has 0 aromatic carbocycles. The van der Waals surface area contributed by atoms with Crippen LogP contribution in [0.5, 0.6) is 0 Å². The number of hydrogen-bond donors (Lipinski definition) is 0. The average molecular weight is 126 g/mol. The van der Waals surface area contributed by atoms with E-state index in [0.29, 0.717) is 6.10 Å². The zero-order chi connectivity index (χ0) is 6.69. The zero-order valence-corrected chi connectivity index (χ0v) is 5.97. The smallest absolute Gasteiger partial charge is 0.0635 e. The summed E-state index contributed by atoms with van der Waals surface area (Å²) in [4.78, 5) is 0. The molecule has 1 aliphatic rings. The highest BCUT2D eigenvalue weighted by atomic mass is 16.5. The van der Waals surface area contributed by atoms with E-state index in [1.165, 1.54) is 6.42 Å². The first-order valence-electron chi connectivity index (χ1n) is 3.57. The predicted molar refractivity (Wildman–Crippen MR) is 38.3 cm³/mol. The van der Waals surface area contributed by atoms with Crippen molar-refractivity contribution in [3.63, 3.8) is 0 Å². The molecule has 1 nitrogen and oxygen atoms in total. The topological polar surface area (TPSA) is 9.23 Å². The van der Waals surface area contributed by atoms with E-state index in [4.69, 9.17) is 4.74 Å². The quantitative estimate of drug-likeness (QED) is 0.514. The number of ether oxygens (including phenoxy) is 1. The van der Waals surface area contributed by atoms with Gasteiger partial charge in [-0.1, -0.05) is 13.0 Å². The first-order chi connectivity index (χ1) is 4.34. The van der Waals surface area contributed by atoms with Crippen molar-refractivity contribution in [1.29, 1.82) is 0 Å². The molecule has 2 atom stereocenters. The van der Waals surface area contributed by atoms with Gasteiger partial charge in [0.1, 0.15) is 0 Å². The Balaban J connectivity index is 2.30. The summed E-state index contributed by atoms with van der Waals surface area (Å²) in [5.74, 6) is 0.739. The van der Waals surface area contributed by atoms with E-state index in [1.807, 2.05) is 6.08 Å². The van der Waals surface area contributed by atoms with Crippen molar-refractivity contribution in [3.05, 3.63) is 12.7 Å². The molecular formula is C8H14O. The van der Waals surface area contributed by atoms with Crippen LogP contribution in [0.25, 0.3) is 0 Å². The van der Waals surface area contributed by atoms with Gasteiger partial charge in [-0.25, -0.2) is 0 Å². The Bertz CT molecular complexity index is 98.7. The van der Waals surface area contributed by atoms with Gasteiger partial charge in [0.15, 0.2) is 0 Å². The zero-order valence-electron chi connectivity index (χ0n) is 5.97. The first kappa shape index (κ1) is 6.81. The summed E-state index contributed by atoms with van der Waals surface area (Å²) in [6.45, 7) is 6.86. The lowest BCUT2D eigenvalue weighted by Crippen LogP contribution is -2.10. The third kappa shape index (κ3) is 1.55. The third-order valence-corrected chi connectivity index (χ3v) is 1.94. The molecule has 1 aliphatic heterocycles. The fraction of sp³-hybridized carbons (Fsp3) is 0.750. The largest absolute Gasteiger partial charge is 0.378 e. The van der Waals surface area contributed by atoms with Crippen LogP contribution in [0.2, 0.25) is 0 Å². The minimum atomic E-state index is 0.461. The molecule has 0 aromatic heterocycles. The van der Waals surface area contributed by atoms with Crippen molar-refractivity contribution < 1.29 is 4.74 Å². The molecule has 0 spiro atoms. The van der Waals surface area contributed by atoms with Crippen LogP contribution in [0, 0.1) is 5.92 Å². The number of hydrogen-bond acceptors (Lipinski definition) is 1. The van der Waals surface area contributed by atoms with E-state index in [-0.39, 0.29) is 0 Å². The molecule has 0 bridgehead atoms. The average Bonchev–Trinajstić information content (AvgIpc) is 2.18. The second-order valence-corrected chi connectivity index (χ2v) is 2.70. The summed E-state index contributed by atoms with van der Waals surface area (Å²) in [5.41, 5.74) is 0. The molecule has 2 unspecified atom stereocenters. The van der Waals surface area contributed by atoms with E-state index < -0.39 is 0 Å². The molecule has 0 N–H and O–H groups in total. The fourth-order valence-corrected chi connectivity index (χ4v) is 1.22. The van der Waals surface area contributed by atoms with Gasteiger partial charge < -0.3 is 4.74 Å². The normalized spacial score (nSPS) is 34.8. The minimum Gasteiger partial charge on any atom is -0.378 e. The SMILES string of the molecule is C=CCC1OCCC1C. The minimum absolute atomic E-state index is 0.461. The standard InChI is InChI=1S/C8H14O/c1-3-4-8-7(2)5-6-9-8/h3,7-8H,1,4-6H2,2H3. The van der Waals surface area contributed by atoms with E-state index >= 15 is 0 Å². The highest BCUT2D eigenvalue weighted by Gasteiger charge is 2.22. The Morgan fingerprint density at radius 2 is 2.56 bits per heavy atom. The second-order valence-electron chi connectivity index (χ2n) is 2.70. The molecule has 0 radical (unpaired) electrons. The van der Waals surface area contributed by atoms with Crippen LogP contribution in [0.3, 0.4) is 0 Å². The van der Waals surface area contributed by atoms with Crippen molar-refractivity contribution in [3.8, 4) is 0 Å². The lowest BCUT2D eigenvalue weighted by atomic mass is 10.0. The van der Waals surface area contributed by atoms with Gasteiger partial charge >= 0.3 is 0 Å². The Morgan fingerprint density at radius 3 is 3.00 bits per heavy atom. The van der Waals surface area contributed by atoms with Gasteiger partial charge in [-0.05, 0) is 18.8 Å². The molecule has 1 heteroatoms. The summed E-state index contributed by atoms with van der Waals surface area (Å²) in [5, 5.41) is 0. The molecule has 1 fully saturated rings. The van der Waals surface area contributed by atoms with Gasteiger partial charge in [0.2, 0.25) is 0 Å². The maximum atomic E-state index is 5.43. The van der Waals surface area contributed by atoms with E-state index in [1.54, 1.807) is 0 Å². The molecule has 0 aromatic rings. The first-order valence-corrected chi connectivity index (χ1v) is 3.57.